The van der Waals surface area contributed by atoms with E-state index in [4.69, 9.17) is 0 Å². The molecule has 3 heterocycles. The maximum atomic E-state index is 13.6. The average molecular weight is 406 g/mol. The molecule has 4 nitrogen and oxygen atoms in total. The van der Waals surface area contributed by atoms with E-state index >= 15 is 0 Å². The first-order valence-corrected chi connectivity index (χ1v) is 10.2. The highest BCUT2D eigenvalue weighted by Crippen LogP contribution is 2.47. The number of hydrogen-bond acceptors (Lipinski definition) is 3. The predicted molar refractivity (Wildman–Crippen MR) is 123 cm³/mol. The van der Waals surface area contributed by atoms with Crippen molar-refractivity contribution in [1.29, 1.82) is 0 Å². The number of fused-ring (bicyclic) bond motifs is 3. The molecular weight excluding hydrogens is 387 g/mol. The Kier molecular flexibility index (Phi) is 3.99. The summed E-state index contributed by atoms with van der Waals surface area (Å²) in [6, 6.07) is 25.1. The predicted octanol–water partition coefficient (Wildman–Crippen LogP) is 6.57. The SMILES string of the molecule is Fc1ccc(-c2[nH]c3ccc4c(c3c2-c2ccncc2)NC(c2ccccc2)N4)cc1. The number of halogens is 1. The van der Waals surface area contributed by atoms with Crippen LogP contribution in [-0.2, 0) is 0 Å². The molecule has 5 heteroatoms. The summed E-state index contributed by atoms with van der Waals surface area (Å²) in [7, 11) is 0. The highest BCUT2D eigenvalue weighted by molar-refractivity contribution is 6.13. The van der Waals surface area contributed by atoms with E-state index in [1.807, 2.05) is 42.5 Å². The van der Waals surface area contributed by atoms with Gasteiger partial charge in [0.1, 0.15) is 12.0 Å². The molecule has 6 rings (SSSR count). The maximum absolute atomic E-state index is 13.6. The highest BCUT2D eigenvalue weighted by atomic mass is 19.1. The van der Waals surface area contributed by atoms with Crippen molar-refractivity contribution in [3.05, 3.63) is 103 Å². The maximum Gasteiger partial charge on any atom is 0.123 e. The summed E-state index contributed by atoms with van der Waals surface area (Å²) in [5.74, 6) is -0.247. The minimum absolute atomic E-state index is 0.00346. The van der Waals surface area contributed by atoms with E-state index in [-0.39, 0.29) is 12.0 Å². The van der Waals surface area contributed by atoms with Crippen LogP contribution in [0.15, 0.2) is 91.3 Å². The average Bonchev–Trinajstić information content (AvgIpc) is 3.42. The van der Waals surface area contributed by atoms with E-state index in [9.17, 15) is 4.39 Å². The second kappa shape index (κ2) is 6.99. The Bertz CT molecular complexity index is 1380. The zero-order valence-electron chi connectivity index (χ0n) is 16.6. The van der Waals surface area contributed by atoms with Gasteiger partial charge in [0, 0.05) is 28.9 Å². The lowest BCUT2D eigenvalue weighted by Gasteiger charge is -2.12. The highest BCUT2D eigenvalue weighted by Gasteiger charge is 2.26. The molecule has 0 aliphatic carbocycles. The lowest BCUT2D eigenvalue weighted by Crippen LogP contribution is -2.11. The Labute approximate surface area is 178 Å². The Morgan fingerprint density at radius 1 is 0.742 bits per heavy atom. The molecule has 0 spiro atoms. The fourth-order valence-electron chi connectivity index (χ4n) is 4.35. The van der Waals surface area contributed by atoms with Crippen LogP contribution >= 0.6 is 0 Å². The summed E-state index contributed by atoms with van der Waals surface area (Å²) in [6.07, 6.45) is 3.59. The first-order chi connectivity index (χ1) is 15.3. The standard InChI is InChI=1S/C26H19FN4/c27-19-8-6-17(7-9-19)24-22(16-12-14-28-15-13-16)23-20(29-24)10-11-21-25(23)31-26(30-21)18-4-2-1-3-5-18/h1-15,26,29-31H. The smallest absolute Gasteiger partial charge is 0.123 e. The van der Waals surface area contributed by atoms with E-state index in [0.717, 1.165) is 44.7 Å². The minimum atomic E-state index is -0.247. The summed E-state index contributed by atoms with van der Waals surface area (Å²) in [5, 5.41) is 8.37. The van der Waals surface area contributed by atoms with Crippen LogP contribution in [0, 0.1) is 5.82 Å². The number of hydrogen-bond donors (Lipinski definition) is 3. The molecule has 5 aromatic rings. The quantitative estimate of drug-likeness (QED) is 0.317. The Morgan fingerprint density at radius 3 is 2.29 bits per heavy atom. The van der Waals surface area contributed by atoms with Gasteiger partial charge in [-0.1, -0.05) is 30.3 Å². The van der Waals surface area contributed by atoms with E-state index in [1.54, 1.807) is 12.4 Å². The van der Waals surface area contributed by atoms with Gasteiger partial charge in [0.2, 0.25) is 0 Å². The van der Waals surface area contributed by atoms with Crippen LogP contribution in [-0.4, -0.2) is 9.97 Å². The zero-order valence-corrected chi connectivity index (χ0v) is 16.6. The van der Waals surface area contributed by atoms with Crippen LogP contribution in [0.3, 0.4) is 0 Å². The number of pyridine rings is 1. The van der Waals surface area contributed by atoms with Crippen molar-refractivity contribution in [2.75, 3.05) is 10.6 Å². The number of aromatic amines is 1. The van der Waals surface area contributed by atoms with Gasteiger partial charge in [-0.2, -0.15) is 0 Å². The van der Waals surface area contributed by atoms with Crippen molar-refractivity contribution in [3.63, 3.8) is 0 Å². The first kappa shape index (κ1) is 17.7. The lowest BCUT2D eigenvalue weighted by molar-refractivity contribution is 0.628. The first-order valence-electron chi connectivity index (χ1n) is 10.2. The fraction of sp³-hybridized carbons (Fsp3) is 0.0385. The summed E-state index contributed by atoms with van der Waals surface area (Å²) >= 11 is 0. The van der Waals surface area contributed by atoms with Crippen molar-refractivity contribution in [3.8, 4) is 22.4 Å². The van der Waals surface area contributed by atoms with Gasteiger partial charge in [-0.25, -0.2) is 4.39 Å². The van der Waals surface area contributed by atoms with E-state index in [0.29, 0.717) is 0 Å². The third kappa shape index (κ3) is 2.94. The van der Waals surface area contributed by atoms with Crippen molar-refractivity contribution >= 4 is 22.3 Å². The molecule has 0 radical (unpaired) electrons. The molecule has 0 saturated carbocycles. The van der Waals surface area contributed by atoms with Crippen LogP contribution in [0.5, 0.6) is 0 Å². The third-order valence-electron chi connectivity index (χ3n) is 5.79. The van der Waals surface area contributed by atoms with Crippen LogP contribution in [0.4, 0.5) is 15.8 Å². The van der Waals surface area contributed by atoms with Gasteiger partial charge in [0.25, 0.3) is 0 Å². The molecule has 0 amide bonds. The van der Waals surface area contributed by atoms with Crippen molar-refractivity contribution in [2.24, 2.45) is 0 Å². The number of anilines is 2. The van der Waals surface area contributed by atoms with Gasteiger partial charge in [-0.3, -0.25) is 4.98 Å². The Balaban J connectivity index is 1.58. The molecule has 0 saturated heterocycles. The third-order valence-corrected chi connectivity index (χ3v) is 5.79. The minimum Gasteiger partial charge on any atom is -0.360 e. The molecule has 3 N–H and O–H groups in total. The van der Waals surface area contributed by atoms with Crippen molar-refractivity contribution in [1.82, 2.24) is 9.97 Å². The molecule has 1 atom stereocenters. The monoisotopic (exact) mass is 406 g/mol. The molecule has 31 heavy (non-hydrogen) atoms. The molecule has 0 bridgehead atoms. The van der Waals surface area contributed by atoms with Gasteiger partial charge >= 0.3 is 0 Å². The summed E-state index contributed by atoms with van der Waals surface area (Å²) in [5.41, 5.74) is 8.33. The summed E-state index contributed by atoms with van der Waals surface area (Å²) < 4.78 is 13.6. The molecule has 1 aliphatic rings. The molecule has 3 aromatic carbocycles. The lowest BCUT2D eigenvalue weighted by atomic mass is 9.98. The number of rotatable bonds is 3. The molecule has 1 aliphatic heterocycles. The van der Waals surface area contributed by atoms with E-state index in [1.165, 1.54) is 17.7 Å². The van der Waals surface area contributed by atoms with Crippen LogP contribution in [0.1, 0.15) is 11.7 Å². The Morgan fingerprint density at radius 2 is 1.52 bits per heavy atom. The second-order valence-electron chi connectivity index (χ2n) is 7.66. The van der Waals surface area contributed by atoms with Crippen LogP contribution in [0.25, 0.3) is 33.3 Å². The largest absolute Gasteiger partial charge is 0.360 e. The topological polar surface area (TPSA) is 52.7 Å². The van der Waals surface area contributed by atoms with Gasteiger partial charge in [-0.05, 0) is 65.2 Å². The summed E-state index contributed by atoms with van der Waals surface area (Å²) in [4.78, 5) is 7.76. The van der Waals surface area contributed by atoms with Crippen molar-refractivity contribution < 1.29 is 4.39 Å². The normalized spacial score (nSPS) is 14.8. The fourth-order valence-corrected chi connectivity index (χ4v) is 4.35. The Hall–Kier alpha value is -4.12. The number of nitrogens with zero attached hydrogens (tertiary/aromatic N) is 1. The second-order valence-corrected chi connectivity index (χ2v) is 7.66. The number of aromatic nitrogens is 2. The van der Waals surface area contributed by atoms with Gasteiger partial charge in [-0.15, -0.1) is 0 Å². The van der Waals surface area contributed by atoms with Crippen molar-refractivity contribution in [2.45, 2.75) is 6.17 Å². The molecule has 0 fully saturated rings. The number of benzene rings is 3. The molecule has 1 unspecified atom stereocenters. The zero-order chi connectivity index (χ0) is 20.8. The van der Waals surface area contributed by atoms with E-state index < -0.39 is 0 Å². The van der Waals surface area contributed by atoms with Gasteiger partial charge in [0.15, 0.2) is 0 Å². The summed E-state index contributed by atoms with van der Waals surface area (Å²) in [6.45, 7) is 0. The van der Waals surface area contributed by atoms with Crippen LogP contribution in [0.2, 0.25) is 0 Å². The van der Waals surface area contributed by atoms with Crippen LogP contribution < -0.4 is 10.6 Å². The number of nitrogens with one attached hydrogen (secondary N) is 3. The molecule has 150 valence electrons. The van der Waals surface area contributed by atoms with E-state index in [2.05, 4.69) is 44.9 Å². The number of H-pyrrole nitrogens is 1. The molecular formula is C26H19FN4. The van der Waals surface area contributed by atoms with Gasteiger partial charge in [0.05, 0.1) is 17.1 Å². The molecule has 2 aromatic heterocycles. The van der Waals surface area contributed by atoms with Gasteiger partial charge < -0.3 is 15.6 Å².